The van der Waals surface area contributed by atoms with E-state index in [9.17, 15) is 9.65 Å². The third-order valence-corrected chi connectivity index (χ3v) is 5.77. The fraction of sp³-hybridized carbons (Fsp3) is 0.208. The Morgan fingerprint density at radius 1 is 1.23 bits per heavy atom. The summed E-state index contributed by atoms with van der Waals surface area (Å²) in [6.07, 6.45) is 4.36. The number of aromatic nitrogens is 3. The van der Waals surface area contributed by atoms with Gasteiger partial charge in [0.2, 0.25) is 0 Å². The molecule has 0 unspecified atom stereocenters. The van der Waals surface area contributed by atoms with Crippen LogP contribution in [0.2, 0.25) is 0 Å². The molecule has 0 aliphatic carbocycles. The van der Waals surface area contributed by atoms with Gasteiger partial charge in [0.15, 0.2) is 0 Å². The van der Waals surface area contributed by atoms with E-state index >= 15 is 0 Å². The van der Waals surface area contributed by atoms with Crippen molar-refractivity contribution < 1.29 is 4.39 Å². The van der Waals surface area contributed by atoms with Crippen molar-refractivity contribution in [2.75, 3.05) is 18.0 Å². The Kier molecular flexibility index (Phi) is 4.64. The Hall–Kier alpha value is -3.76. The summed E-state index contributed by atoms with van der Waals surface area (Å²) in [4.78, 5) is 14.9. The van der Waals surface area contributed by atoms with Gasteiger partial charge in [-0.3, -0.25) is 4.98 Å². The van der Waals surface area contributed by atoms with E-state index in [-0.39, 0.29) is 11.6 Å². The maximum Gasteiger partial charge on any atom is 0.142 e. The third kappa shape index (κ3) is 3.41. The van der Waals surface area contributed by atoms with Crippen LogP contribution in [0.25, 0.3) is 33.5 Å². The van der Waals surface area contributed by atoms with Gasteiger partial charge in [-0.25, -0.2) is 9.37 Å². The third-order valence-electron chi connectivity index (χ3n) is 5.77. The van der Waals surface area contributed by atoms with Gasteiger partial charge in [0, 0.05) is 37.1 Å². The van der Waals surface area contributed by atoms with Crippen LogP contribution >= 0.6 is 0 Å². The molecule has 3 N–H and O–H groups in total. The van der Waals surface area contributed by atoms with Crippen LogP contribution in [0.1, 0.15) is 17.5 Å². The van der Waals surface area contributed by atoms with Gasteiger partial charge >= 0.3 is 0 Å². The molecule has 5 rings (SSSR count). The van der Waals surface area contributed by atoms with Crippen LogP contribution in [0.5, 0.6) is 0 Å². The van der Waals surface area contributed by atoms with Crippen LogP contribution in [0.3, 0.4) is 0 Å². The number of H-pyrrole nitrogens is 1. The Balaban J connectivity index is 1.75. The Morgan fingerprint density at radius 2 is 2.06 bits per heavy atom. The molecule has 2 aromatic heterocycles. The molecule has 154 valence electrons. The zero-order chi connectivity index (χ0) is 21.5. The van der Waals surface area contributed by atoms with Gasteiger partial charge in [0.05, 0.1) is 33.9 Å². The number of halogens is 1. The molecule has 1 aliphatic heterocycles. The van der Waals surface area contributed by atoms with Crippen LogP contribution in [0.4, 0.5) is 10.1 Å². The predicted octanol–water partition coefficient (Wildman–Crippen LogP) is 4.15. The second-order valence-electron chi connectivity index (χ2n) is 7.97. The van der Waals surface area contributed by atoms with Gasteiger partial charge in [0.1, 0.15) is 11.6 Å². The standard InChI is InChI=1S/C24H21FN6/c1-14-3-2-4-21-22(14)30-24(29-21)20-12-28-11-19(23(20)31-6-5-18(27)13-31)16-7-15(10-26)8-17(25)9-16/h2-4,7-9,11-12,18H,5-6,13,27H2,1H3,(H,29,30)/t18-/m0/s1. The van der Waals surface area contributed by atoms with Crippen molar-refractivity contribution >= 4 is 16.7 Å². The molecule has 0 radical (unpaired) electrons. The SMILES string of the molecule is Cc1cccc2[nH]c(-c3cncc(-c4cc(F)cc(C#N)c4)c3N3CC[C@H](N)C3)nc12. The molecule has 2 aromatic carbocycles. The first kappa shape index (κ1) is 19.2. The number of nitrogens with zero attached hydrogens (tertiary/aromatic N) is 4. The van der Waals surface area contributed by atoms with Crippen LogP contribution in [-0.2, 0) is 0 Å². The predicted molar refractivity (Wildman–Crippen MR) is 119 cm³/mol. The number of imidazole rings is 1. The highest BCUT2D eigenvalue weighted by Crippen LogP contribution is 2.40. The summed E-state index contributed by atoms with van der Waals surface area (Å²) in [5, 5.41) is 9.31. The van der Waals surface area contributed by atoms with Crippen molar-refractivity contribution in [1.82, 2.24) is 15.0 Å². The van der Waals surface area contributed by atoms with Crippen molar-refractivity contribution in [1.29, 1.82) is 5.26 Å². The molecule has 0 amide bonds. The fourth-order valence-electron chi connectivity index (χ4n) is 4.28. The highest BCUT2D eigenvalue weighted by Gasteiger charge is 2.26. The van der Waals surface area contributed by atoms with E-state index in [1.54, 1.807) is 18.5 Å². The topological polar surface area (TPSA) is 94.6 Å². The number of aromatic amines is 1. The molecular weight excluding hydrogens is 391 g/mol. The molecule has 7 heteroatoms. The number of pyridine rings is 1. The number of nitrogens with two attached hydrogens (primary N) is 1. The number of benzene rings is 2. The molecule has 31 heavy (non-hydrogen) atoms. The molecular formula is C24H21FN6. The minimum absolute atomic E-state index is 0.0639. The average Bonchev–Trinajstić information content (AvgIpc) is 3.40. The summed E-state index contributed by atoms with van der Waals surface area (Å²) in [6.45, 7) is 3.49. The monoisotopic (exact) mass is 412 g/mol. The number of anilines is 1. The van der Waals surface area contributed by atoms with E-state index in [4.69, 9.17) is 10.7 Å². The van der Waals surface area contributed by atoms with Crippen LogP contribution in [0.15, 0.2) is 48.8 Å². The molecule has 1 atom stereocenters. The van der Waals surface area contributed by atoms with E-state index < -0.39 is 5.82 Å². The summed E-state index contributed by atoms with van der Waals surface area (Å²) in [5.74, 6) is 0.244. The zero-order valence-corrected chi connectivity index (χ0v) is 17.1. The molecule has 0 spiro atoms. The van der Waals surface area contributed by atoms with Crippen LogP contribution < -0.4 is 10.6 Å². The van der Waals surface area contributed by atoms with E-state index in [1.807, 2.05) is 31.2 Å². The summed E-state index contributed by atoms with van der Waals surface area (Å²) in [7, 11) is 0. The molecule has 0 saturated carbocycles. The van der Waals surface area contributed by atoms with Gasteiger partial charge in [-0.1, -0.05) is 12.1 Å². The van der Waals surface area contributed by atoms with Gasteiger partial charge in [0.25, 0.3) is 0 Å². The first-order valence-corrected chi connectivity index (χ1v) is 10.2. The van der Waals surface area contributed by atoms with Crippen molar-refractivity contribution in [2.24, 2.45) is 5.73 Å². The highest BCUT2D eigenvalue weighted by molar-refractivity contribution is 5.91. The molecule has 4 aromatic rings. The van der Waals surface area contributed by atoms with Gasteiger partial charge in [-0.05, 0) is 48.7 Å². The maximum atomic E-state index is 14.3. The van der Waals surface area contributed by atoms with E-state index in [1.165, 1.54) is 12.1 Å². The van der Waals surface area contributed by atoms with Crippen molar-refractivity contribution in [2.45, 2.75) is 19.4 Å². The summed E-state index contributed by atoms with van der Waals surface area (Å²) in [5.41, 5.74) is 12.5. The number of hydrogen-bond acceptors (Lipinski definition) is 5. The number of rotatable bonds is 3. The highest BCUT2D eigenvalue weighted by atomic mass is 19.1. The van der Waals surface area contributed by atoms with Crippen LogP contribution in [0, 0.1) is 24.1 Å². The zero-order valence-electron chi connectivity index (χ0n) is 17.1. The number of hydrogen-bond donors (Lipinski definition) is 2. The lowest BCUT2D eigenvalue weighted by molar-refractivity contribution is 0.628. The Bertz CT molecular complexity index is 1340. The second-order valence-corrected chi connectivity index (χ2v) is 7.97. The number of fused-ring (bicyclic) bond motifs is 1. The Labute approximate surface area is 179 Å². The summed E-state index contributed by atoms with van der Waals surface area (Å²) < 4.78 is 14.3. The molecule has 1 aliphatic rings. The van der Waals surface area contributed by atoms with Crippen LogP contribution in [-0.4, -0.2) is 34.1 Å². The second kappa shape index (κ2) is 7.49. The number of nitriles is 1. The number of nitrogens with one attached hydrogen (secondary N) is 1. The molecule has 3 heterocycles. The van der Waals surface area contributed by atoms with Gasteiger partial charge in [-0.15, -0.1) is 0 Å². The van der Waals surface area contributed by atoms with E-state index in [0.717, 1.165) is 46.4 Å². The minimum Gasteiger partial charge on any atom is -0.369 e. The largest absolute Gasteiger partial charge is 0.369 e. The molecule has 1 saturated heterocycles. The number of para-hydroxylation sites is 1. The van der Waals surface area contributed by atoms with Crippen molar-refractivity contribution in [3.05, 3.63) is 65.7 Å². The first-order valence-electron chi connectivity index (χ1n) is 10.2. The van der Waals surface area contributed by atoms with Gasteiger partial charge in [-0.2, -0.15) is 5.26 Å². The van der Waals surface area contributed by atoms with E-state index in [0.29, 0.717) is 17.9 Å². The quantitative estimate of drug-likeness (QED) is 0.527. The smallest absolute Gasteiger partial charge is 0.142 e. The molecule has 0 bridgehead atoms. The van der Waals surface area contributed by atoms with E-state index in [2.05, 4.69) is 14.9 Å². The lowest BCUT2D eigenvalue weighted by atomic mass is 9.99. The number of aryl methyl sites for hydroxylation is 1. The van der Waals surface area contributed by atoms with Crippen molar-refractivity contribution in [3.63, 3.8) is 0 Å². The summed E-state index contributed by atoms with van der Waals surface area (Å²) >= 11 is 0. The van der Waals surface area contributed by atoms with Gasteiger partial charge < -0.3 is 15.6 Å². The Morgan fingerprint density at radius 3 is 2.81 bits per heavy atom. The lowest BCUT2D eigenvalue weighted by Gasteiger charge is -2.24. The molecule has 6 nitrogen and oxygen atoms in total. The summed E-state index contributed by atoms with van der Waals surface area (Å²) in [6, 6.07) is 12.5. The fourth-order valence-corrected chi connectivity index (χ4v) is 4.28. The first-order chi connectivity index (χ1) is 15.0. The molecule has 1 fully saturated rings. The average molecular weight is 412 g/mol. The minimum atomic E-state index is -0.456. The normalized spacial score (nSPS) is 16.1. The maximum absolute atomic E-state index is 14.3. The van der Waals surface area contributed by atoms with Crippen molar-refractivity contribution in [3.8, 4) is 28.6 Å². The lowest BCUT2D eigenvalue weighted by Crippen LogP contribution is -2.27.